The third-order valence-electron chi connectivity index (χ3n) is 3.42. The molecular formula is C13H17ClN2O2S. The normalized spacial score (nSPS) is 23.1. The van der Waals surface area contributed by atoms with Crippen LogP contribution in [0.5, 0.6) is 0 Å². The van der Waals surface area contributed by atoms with Crippen LogP contribution in [0.4, 0.5) is 5.82 Å². The molecule has 1 aromatic heterocycles. The molecule has 1 saturated carbocycles. The Labute approximate surface area is 121 Å². The lowest BCUT2D eigenvalue weighted by Crippen LogP contribution is -2.29. The number of carbonyl (C=O) groups is 1. The fourth-order valence-corrected chi connectivity index (χ4v) is 3.47. The summed E-state index contributed by atoms with van der Waals surface area (Å²) in [4.78, 5) is 15.2. The number of hydrogen-bond donors (Lipinski definition) is 2. The summed E-state index contributed by atoms with van der Waals surface area (Å²) in [6.07, 6.45) is 8.17. The maximum absolute atomic E-state index is 11.0. The van der Waals surface area contributed by atoms with E-state index in [1.165, 1.54) is 25.1 Å². The van der Waals surface area contributed by atoms with Crippen molar-refractivity contribution in [1.82, 2.24) is 4.98 Å². The van der Waals surface area contributed by atoms with Crippen LogP contribution in [0, 0.1) is 0 Å². The van der Waals surface area contributed by atoms with E-state index in [9.17, 15) is 4.79 Å². The van der Waals surface area contributed by atoms with Gasteiger partial charge in [0.2, 0.25) is 0 Å². The molecule has 2 rings (SSSR count). The topological polar surface area (TPSA) is 62.2 Å². The van der Waals surface area contributed by atoms with Crippen molar-refractivity contribution in [2.45, 2.75) is 37.0 Å². The van der Waals surface area contributed by atoms with E-state index >= 15 is 0 Å². The number of thioether (sulfide) groups is 1. The monoisotopic (exact) mass is 300 g/mol. The fourth-order valence-electron chi connectivity index (χ4n) is 2.39. The van der Waals surface area contributed by atoms with Crippen molar-refractivity contribution in [3.8, 4) is 0 Å². The van der Waals surface area contributed by atoms with Crippen molar-refractivity contribution >= 4 is 35.1 Å². The first-order chi connectivity index (χ1) is 9.11. The Kier molecular flexibility index (Phi) is 4.93. The highest BCUT2D eigenvalue weighted by molar-refractivity contribution is 7.99. The van der Waals surface area contributed by atoms with Crippen LogP contribution in [-0.4, -0.2) is 33.6 Å². The molecule has 0 saturated heterocycles. The van der Waals surface area contributed by atoms with Gasteiger partial charge in [0.05, 0.1) is 10.6 Å². The van der Waals surface area contributed by atoms with Gasteiger partial charge in [-0.1, -0.05) is 18.0 Å². The van der Waals surface area contributed by atoms with Gasteiger partial charge in [0.25, 0.3) is 0 Å². The number of pyridine rings is 1. The molecule has 1 aromatic rings. The zero-order valence-electron chi connectivity index (χ0n) is 10.7. The number of halogens is 1. The minimum atomic E-state index is -1.03. The third kappa shape index (κ3) is 3.54. The first kappa shape index (κ1) is 14.5. The highest BCUT2D eigenvalue weighted by Gasteiger charge is 2.23. The van der Waals surface area contributed by atoms with E-state index < -0.39 is 5.97 Å². The van der Waals surface area contributed by atoms with Gasteiger partial charge in [0.15, 0.2) is 0 Å². The van der Waals surface area contributed by atoms with E-state index in [4.69, 9.17) is 16.7 Å². The zero-order chi connectivity index (χ0) is 13.8. The van der Waals surface area contributed by atoms with E-state index in [-0.39, 0.29) is 10.6 Å². The summed E-state index contributed by atoms with van der Waals surface area (Å²) < 4.78 is 0. The molecule has 0 amide bonds. The lowest BCUT2D eigenvalue weighted by atomic mass is 9.95. The molecule has 2 unspecified atom stereocenters. The Morgan fingerprint density at radius 2 is 2.37 bits per heavy atom. The molecule has 2 atom stereocenters. The highest BCUT2D eigenvalue weighted by Crippen LogP contribution is 2.31. The summed E-state index contributed by atoms with van der Waals surface area (Å²) in [7, 11) is 0. The molecule has 1 heterocycles. The van der Waals surface area contributed by atoms with Crippen molar-refractivity contribution in [2.75, 3.05) is 11.6 Å². The molecule has 1 aliphatic carbocycles. The summed E-state index contributed by atoms with van der Waals surface area (Å²) in [5, 5.41) is 13.2. The lowest BCUT2D eigenvalue weighted by molar-refractivity contribution is 0.0697. The van der Waals surface area contributed by atoms with Gasteiger partial charge in [-0.15, -0.1) is 0 Å². The minimum Gasteiger partial charge on any atom is -0.478 e. The summed E-state index contributed by atoms with van der Waals surface area (Å²) in [5.41, 5.74) is 0.0939. The van der Waals surface area contributed by atoms with E-state index in [0.717, 1.165) is 12.8 Å². The second-order valence-corrected chi connectivity index (χ2v) is 6.21. The van der Waals surface area contributed by atoms with Crippen LogP contribution < -0.4 is 5.32 Å². The van der Waals surface area contributed by atoms with E-state index in [1.54, 1.807) is 0 Å². The molecule has 104 valence electrons. The second-order valence-electron chi connectivity index (χ2n) is 4.69. The lowest BCUT2D eigenvalue weighted by Gasteiger charge is -2.29. The number of nitrogens with zero attached hydrogens (tertiary/aromatic N) is 1. The van der Waals surface area contributed by atoms with E-state index in [0.29, 0.717) is 17.1 Å². The molecule has 0 aromatic carbocycles. The smallest absolute Gasteiger partial charge is 0.337 e. The van der Waals surface area contributed by atoms with Crippen molar-refractivity contribution in [1.29, 1.82) is 0 Å². The van der Waals surface area contributed by atoms with Crippen LogP contribution in [0.25, 0.3) is 0 Å². The van der Waals surface area contributed by atoms with E-state index in [2.05, 4.69) is 16.6 Å². The summed E-state index contributed by atoms with van der Waals surface area (Å²) in [6, 6.07) is 1.74. The van der Waals surface area contributed by atoms with Crippen LogP contribution in [0.3, 0.4) is 0 Å². The first-order valence-corrected chi connectivity index (χ1v) is 7.95. The molecule has 6 heteroatoms. The Bertz CT molecular complexity index is 470. The Morgan fingerprint density at radius 3 is 3.05 bits per heavy atom. The van der Waals surface area contributed by atoms with Crippen LogP contribution >= 0.6 is 23.4 Å². The average Bonchev–Trinajstić information content (AvgIpc) is 2.41. The Morgan fingerprint density at radius 1 is 1.58 bits per heavy atom. The van der Waals surface area contributed by atoms with E-state index in [1.807, 2.05) is 11.8 Å². The maximum Gasteiger partial charge on any atom is 0.337 e. The van der Waals surface area contributed by atoms with Crippen LogP contribution in [0.1, 0.15) is 36.0 Å². The van der Waals surface area contributed by atoms with Crippen molar-refractivity contribution < 1.29 is 9.90 Å². The van der Waals surface area contributed by atoms with Gasteiger partial charge in [-0.2, -0.15) is 11.8 Å². The quantitative estimate of drug-likeness (QED) is 0.891. The molecule has 19 heavy (non-hydrogen) atoms. The predicted octanol–water partition coefficient (Wildman–Crippen LogP) is 3.52. The van der Waals surface area contributed by atoms with Gasteiger partial charge < -0.3 is 10.4 Å². The van der Waals surface area contributed by atoms with Crippen molar-refractivity contribution in [2.24, 2.45) is 0 Å². The maximum atomic E-state index is 11.0. The SMILES string of the molecule is CSC1CCCC(Nc2nccc(C(=O)O)c2Cl)C1. The van der Waals surface area contributed by atoms with Crippen molar-refractivity contribution in [3.05, 3.63) is 22.8 Å². The summed E-state index contributed by atoms with van der Waals surface area (Å²) >= 11 is 7.97. The number of rotatable bonds is 4. The van der Waals surface area contributed by atoms with Gasteiger partial charge >= 0.3 is 5.97 Å². The molecule has 2 N–H and O–H groups in total. The summed E-state index contributed by atoms with van der Waals surface area (Å²) in [6.45, 7) is 0. The molecule has 1 fully saturated rings. The summed E-state index contributed by atoms with van der Waals surface area (Å²) in [5.74, 6) is -0.547. The van der Waals surface area contributed by atoms with Gasteiger partial charge in [0.1, 0.15) is 5.82 Å². The predicted molar refractivity (Wildman–Crippen MR) is 79.4 cm³/mol. The van der Waals surface area contributed by atoms with Gasteiger partial charge in [0, 0.05) is 17.5 Å². The number of carboxylic acid groups (broad SMARTS) is 1. The number of carboxylic acids is 1. The largest absolute Gasteiger partial charge is 0.478 e. The van der Waals surface area contributed by atoms with Gasteiger partial charge in [-0.3, -0.25) is 0 Å². The number of anilines is 1. The fraction of sp³-hybridized carbons (Fsp3) is 0.538. The Hall–Kier alpha value is -0.940. The number of hydrogen-bond acceptors (Lipinski definition) is 4. The number of aromatic carboxylic acids is 1. The first-order valence-electron chi connectivity index (χ1n) is 6.29. The molecular weight excluding hydrogens is 284 g/mol. The van der Waals surface area contributed by atoms with Crippen LogP contribution in [0.15, 0.2) is 12.3 Å². The third-order valence-corrected chi connectivity index (χ3v) is 4.90. The standard InChI is InChI=1S/C13H17ClN2O2S/c1-19-9-4-2-3-8(7-9)16-12-11(14)10(13(17)18)5-6-15-12/h5-6,8-9H,2-4,7H2,1H3,(H,15,16)(H,17,18). The highest BCUT2D eigenvalue weighted by atomic mass is 35.5. The second kappa shape index (κ2) is 6.48. The van der Waals surface area contributed by atoms with Crippen LogP contribution in [-0.2, 0) is 0 Å². The Balaban J connectivity index is 2.10. The molecule has 4 nitrogen and oxygen atoms in total. The molecule has 0 radical (unpaired) electrons. The molecule has 0 spiro atoms. The van der Waals surface area contributed by atoms with Crippen molar-refractivity contribution in [3.63, 3.8) is 0 Å². The van der Waals surface area contributed by atoms with Gasteiger partial charge in [-0.05, 0) is 31.6 Å². The average molecular weight is 301 g/mol. The minimum absolute atomic E-state index is 0.0939. The number of aromatic nitrogens is 1. The molecule has 1 aliphatic rings. The molecule has 0 aliphatic heterocycles. The zero-order valence-corrected chi connectivity index (χ0v) is 12.3. The number of nitrogens with one attached hydrogen (secondary N) is 1. The van der Waals surface area contributed by atoms with Crippen LogP contribution in [0.2, 0.25) is 5.02 Å². The molecule has 0 bridgehead atoms. The van der Waals surface area contributed by atoms with Gasteiger partial charge in [-0.25, -0.2) is 9.78 Å².